The first kappa shape index (κ1) is 27.6. The van der Waals surface area contributed by atoms with Crippen LogP contribution in [0.5, 0.6) is 0 Å². The third kappa shape index (κ3) is 8.85. The van der Waals surface area contributed by atoms with Crippen LogP contribution in [0.3, 0.4) is 0 Å². The van der Waals surface area contributed by atoms with Crippen LogP contribution in [-0.4, -0.2) is 48.9 Å². The van der Waals surface area contributed by atoms with E-state index >= 15 is 0 Å². The molecule has 0 aliphatic carbocycles. The zero-order valence-electron chi connectivity index (χ0n) is 19.8. The van der Waals surface area contributed by atoms with Crippen LogP contribution in [0.2, 0.25) is 0 Å². The molecule has 1 aliphatic rings. The summed E-state index contributed by atoms with van der Waals surface area (Å²) in [5.41, 5.74) is 3.21. The maximum atomic E-state index is 11.6. The van der Waals surface area contributed by atoms with Crippen molar-refractivity contribution in [1.29, 1.82) is 0 Å². The fourth-order valence-electron chi connectivity index (χ4n) is 3.56. The minimum Gasteiger partial charge on any atom is -0.376 e. The number of hydrogen-bond donors (Lipinski definition) is 1. The van der Waals surface area contributed by atoms with Gasteiger partial charge >= 0.3 is 0 Å². The van der Waals surface area contributed by atoms with Gasteiger partial charge in [-0.1, -0.05) is 47.6 Å². The smallest absolute Gasteiger partial charge is 0.225 e. The van der Waals surface area contributed by atoms with Crippen molar-refractivity contribution in [3.63, 3.8) is 0 Å². The number of hydrogen-bond acceptors (Lipinski definition) is 4. The highest BCUT2D eigenvalue weighted by Crippen LogP contribution is 2.32. The van der Waals surface area contributed by atoms with E-state index in [1.165, 1.54) is 35.8 Å². The lowest BCUT2D eigenvalue weighted by Gasteiger charge is -2.30. The van der Waals surface area contributed by atoms with Gasteiger partial charge in [0, 0.05) is 19.2 Å². The molecule has 1 aliphatic heterocycles. The Labute approximate surface area is 179 Å². The molecule has 0 radical (unpaired) electrons. The Morgan fingerprint density at radius 3 is 2.24 bits per heavy atom. The Kier molecular flexibility index (Phi) is 15.6. The number of fused-ring (bicyclic) bond motifs is 1. The van der Waals surface area contributed by atoms with E-state index in [0.717, 1.165) is 38.2 Å². The van der Waals surface area contributed by atoms with E-state index < -0.39 is 0 Å². The van der Waals surface area contributed by atoms with Gasteiger partial charge in [-0.15, -0.1) is 0 Å². The third-order valence-corrected chi connectivity index (χ3v) is 4.78. The maximum Gasteiger partial charge on any atom is 0.225 e. The lowest BCUT2D eigenvalue weighted by Crippen LogP contribution is -2.30. The van der Waals surface area contributed by atoms with E-state index in [2.05, 4.69) is 24.8 Å². The molecule has 1 heterocycles. The molecular weight excluding hydrogens is 364 g/mol. The average molecular weight is 409 g/mol. The quantitative estimate of drug-likeness (QED) is 0.573. The Morgan fingerprint density at radius 2 is 1.72 bits per heavy atom. The van der Waals surface area contributed by atoms with Gasteiger partial charge in [-0.05, 0) is 62.0 Å². The number of carbonyl (C=O) groups excluding carboxylic acids is 1. The van der Waals surface area contributed by atoms with E-state index in [1.807, 2.05) is 39.8 Å². The van der Waals surface area contributed by atoms with E-state index in [4.69, 9.17) is 4.74 Å². The average Bonchev–Trinajstić information content (AvgIpc) is 2.75. The van der Waals surface area contributed by atoms with Crippen LogP contribution in [0, 0.1) is 0 Å². The molecule has 1 atom stereocenters. The Balaban J connectivity index is 0.00000184. The summed E-state index contributed by atoms with van der Waals surface area (Å²) in [7, 11) is 0. The molecular formula is C24H44N2O3. The first-order valence-electron chi connectivity index (χ1n) is 11.5. The molecule has 1 unspecified atom stereocenters. The van der Waals surface area contributed by atoms with Gasteiger partial charge in [0.05, 0.1) is 12.7 Å². The van der Waals surface area contributed by atoms with Crippen molar-refractivity contribution in [2.24, 2.45) is 0 Å². The second-order valence-corrected chi connectivity index (χ2v) is 6.71. The lowest BCUT2D eigenvalue weighted by atomic mass is 9.94. The fraction of sp³-hybridized carbons (Fsp3) is 0.708. The number of carbonyl (C=O) groups is 1. The topological polar surface area (TPSA) is 53.0 Å². The largest absolute Gasteiger partial charge is 0.376 e. The summed E-state index contributed by atoms with van der Waals surface area (Å²) in [6.45, 7) is 17.6. The first-order valence-corrected chi connectivity index (χ1v) is 11.5. The fourth-order valence-corrected chi connectivity index (χ4v) is 3.56. The van der Waals surface area contributed by atoms with Crippen molar-refractivity contribution >= 4 is 11.6 Å². The van der Waals surface area contributed by atoms with Crippen LogP contribution in [0.15, 0.2) is 18.2 Å². The van der Waals surface area contributed by atoms with Crippen molar-refractivity contribution in [2.75, 3.05) is 37.9 Å². The molecule has 5 heteroatoms. The van der Waals surface area contributed by atoms with Gasteiger partial charge in [-0.25, -0.2) is 0 Å². The number of anilines is 1. The lowest BCUT2D eigenvalue weighted by molar-refractivity contribution is -0.117. The third-order valence-electron chi connectivity index (χ3n) is 4.78. The normalized spacial score (nSPS) is 14.9. The molecule has 1 aromatic rings. The van der Waals surface area contributed by atoms with Crippen LogP contribution < -0.4 is 4.90 Å². The Bertz CT molecular complexity index is 557. The maximum absolute atomic E-state index is 11.6. The highest BCUT2D eigenvalue weighted by atomic mass is 16.5. The molecule has 0 spiro atoms. The van der Waals surface area contributed by atoms with Crippen LogP contribution in [0.1, 0.15) is 85.0 Å². The predicted molar refractivity (Wildman–Crippen MR) is 123 cm³/mol. The molecule has 1 amide bonds. The number of rotatable bonds is 9. The molecule has 5 nitrogen and oxygen atoms in total. The van der Waals surface area contributed by atoms with Gasteiger partial charge in [-0.2, -0.15) is 0 Å². The molecule has 0 aromatic heterocycles. The summed E-state index contributed by atoms with van der Waals surface area (Å²) < 4.78 is 6.03. The molecule has 0 saturated carbocycles. The summed E-state index contributed by atoms with van der Waals surface area (Å²) in [6, 6.07) is 6.00. The molecule has 0 saturated heterocycles. The minimum atomic E-state index is -0.295. The van der Waals surface area contributed by atoms with Crippen LogP contribution >= 0.6 is 0 Å². The summed E-state index contributed by atoms with van der Waals surface area (Å²) in [5.74, 6) is -0.152. The molecule has 29 heavy (non-hydrogen) atoms. The first-order chi connectivity index (χ1) is 14.1. The summed E-state index contributed by atoms with van der Waals surface area (Å²) in [4.78, 5) is 15.5. The zero-order valence-corrected chi connectivity index (χ0v) is 19.8. The van der Waals surface area contributed by atoms with Crippen LogP contribution in [0.4, 0.5) is 5.69 Å². The summed E-state index contributed by atoms with van der Waals surface area (Å²) in [6.07, 6.45) is 4.31. The van der Waals surface area contributed by atoms with Crippen molar-refractivity contribution in [3.05, 3.63) is 29.3 Å². The highest BCUT2D eigenvalue weighted by molar-refractivity contribution is 5.91. The second kappa shape index (κ2) is 16.4. The van der Waals surface area contributed by atoms with Gasteiger partial charge in [0.15, 0.2) is 0 Å². The number of aliphatic hydroxyl groups excluding tert-OH is 1. The van der Waals surface area contributed by atoms with E-state index in [9.17, 15) is 9.90 Å². The molecule has 2 rings (SSSR count). The van der Waals surface area contributed by atoms with Gasteiger partial charge in [0.25, 0.3) is 0 Å². The predicted octanol–water partition coefficient (Wildman–Crippen LogP) is 5.17. The van der Waals surface area contributed by atoms with Crippen LogP contribution in [0.25, 0.3) is 0 Å². The van der Waals surface area contributed by atoms with Crippen LogP contribution in [-0.2, 0) is 16.0 Å². The van der Waals surface area contributed by atoms with Crippen molar-refractivity contribution in [1.82, 2.24) is 4.90 Å². The molecule has 1 N–H and O–H groups in total. The van der Waals surface area contributed by atoms with E-state index in [0.29, 0.717) is 6.61 Å². The van der Waals surface area contributed by atoms with E-state index in [-0.39, 0.29) is 18.7 Å². The second-order valence-electron chi connectivity index (χ2n) is 6.71. The number of amides is 1. The van der Waals surface area contributed by atoms with Gasteiger partial charge < -0.3 is 14.7 Å². The molecule has 1 aromatic carbocycles. The Morgan fingerprint density at radius 1 is 1.10 bits per heavy atom. The van der Waals surface area contributed by atoms with Crippen molar-refractivity contribution < 1.29 is 14.6 Å². The van der Waals surface area contributed by atoms with E-state index in [1.54, 1.807) is 0 Å². The van der Waals surface area contributed by atoms with Gasteiger partial charge in [0.1, 0.15) is 6.73 Å². The standard InChI is InChI=1S/C20H32N2O3.2C2H6/c1-4-10-21(11-5-2)12-8-20-19-7-6-18(22(15-23)16(3)24)14-17(19)9-13-25-20;2*1-2/h6-7,14,20,23H,4-5,8-13,15H2,1-3H3;2*1-2H3. The summed E-state index contributed by atoms with van der Waals surface area (Å²) in [5, 5.41) is 9.43. The highest BCUT2D eigenvalue weighted by Gasteiger charge is 2.23. The monoisotopic (exact) mass is 408 g/mol. The SMILES string of the molecule is CC.CC.CCCN(CCC)CCC1OCCc2cc(N(CO)C(C)=O)ccc21. The number of ether oxygens (including phenoxy) is 1. The number of benzene rings is 1. The molecule has 0 fully saturated rings. The van der Waals surface area contributed by atoms with Crippen molar-refractivity contribution in [2.45, 2.75) is 80.3 Å². The van der Waals surface area contributed by atoms with Gasteiger partial charge in [-0.3, -0.25) is 9.69 Å². The Hall–Kier alpha value is -1.43. The van der Waals surface area contributed by atoms with Gasteiger partial charge in [0.2, 0.25) is 5.91 Å². The number of aliphatic hydroxyl groups is 1. The van der Waals surface area contributed by atoms with Crippen molar-refractivity contribution in [3.8, 4) is 0 Å². The number of nitrogens with zero attached hydrogens (tertiary/aromatic N) is 2. The molecule has 168 valence electrons. The molecule has 0 bridgehead atoms. The minimum absolute atomic E-state index is 0.119. The summed E-state index contributed by atoms with van der Waals surface area (Å²) >= 11 is 0. The zero-order chi connectivity index (χ0) is 22.2.